The third-order valence-corrected chi connectivity index (χ3v) is 3.31. The minimum absolute atomic E-state index is 0.505. The highest BCUT2D eigenvalue weighted by molar-refractivity contribution is 8.10. The Hall–Kier alpha value is 0.700. The topological polar surface area (TPSA) is 0 Å². The van der Waals surface area contributed by atoms with Gasteiger partial charge >= 0.3 is 0 Å². The van der Waals surface area contributed by atoms with Gasteiger partial charge in [0.15, 0.2) is 0 Å². The van der Waals surface area contributed by atoms with Crippen LogP contribution in [-0.4, -0.2) is 9.83 Å². The molecule has 0 aromatic rings. The molecule has 1 unspecified atom stereocenters. The first-order valence-electron chi connectivity index (χ1n) is 3.37. The zero-order chi connectivity index (χ0) is 7.44. The molecule has 0 aromatic carbocycles. The van der Waals surface area contributed by atoms with Gasteiger partial charge in [0, 0.05) is 9.83 Å². The van der Waals surface area contributed by atoms with Crippen molar-refractivity contribution in [2.24, 2.45) is 5.92 Å². The Bertz CT molecular complexity index is 69.3. The predicted molar refractivity (Wildman–Crippen MR) is 50.3 cm³/mol. The maximum Gasteiger partial charge on any atom is 0.0497 e. The molecule has 0 spiro atoms. The van der Waals surface area contributed by atoms with Crippen molar-refractivity contribution in [1.29, 1.82) is 0 Å². The molecule has 0 nitrogen and oxygen atoms in total. The molecule has 0 aliphatic heterocycles. The molecule has 0 heterocycles. The third kappa shape index (κ3) is 5.16. The van der Waals surface area contributed by atoms with Gasteiger partial charge in [-0.25, -0.2) is 0 Å². The van der Waals surface area contributed by atoms with Crippen molar-refractivity contribution < 1.29 is 0 Å². The zero-order valence-corrected chi connectivity index (χ0v) is 8.30. The smallest absolute Gasteiger partial charge is 0.0497 e. The summed E-state index contributed by atoms with van der Waals surface area (Å²) in [5.74, 6) is 0.681. The summed E-state index contributed by atoms with van der Waals surface area (Å²) in [5.41, 5.74) is 0. The van der Waals surface area contributed by atoms with Gasteiger partial charge in [-0.15, -0.1) is 11.8 Å². The van der Waals surface area contributed by atoms with Crippen molar-refractivity contribution >= 4 is 24.4 Å². The molecule has 0 aliphatic rings. The molecule has 0 saturated heterocycles. The fourth-order valence-electron chi connectivity index (χ4n) is 0.436. The molecule has 9 heavy (non-hydrogen) atoms. The molecule has 0 radical (unpaired) electrons. The summed E-state index contributed by atoms with van der Waals surface area (Å²) in [6.07, 6.45) is 0. The summed E-state index contributed by atoms with van der Waals surface area (Å²) in [6.45, 7) is 8.81. The maximum atomic E-state index is 4.43. The molecule has 0 rings (SSSR count). The molecule has 0 aliphatic carbocycles. The molecule has 0 fully saturated rings. The van der Waals surface area contributed by atoms with E-state index in [2.05, 4.69) is 40.3 Å². The van der Waals surface area contributed by atoms with Gasteiger partial charge in [-0.2, -0.15) is 12.6 Å². The number of rotatable bonds is 3. The molecular formula is C7H16S2. The second-order valence-corrected chi connectivity index (χ2v) is 5.45. The van der Waals surface area contributed by atoms with Gasteiger partial charge in [0.1, 0.15) is 0 Å². The predicted octanol–water partition coefficient (Wildman–Crippen LogP) is 3.04. The van der Waals surface area contributed by atoms with E-state index < -0.39 is 0 Å². The highest BCUT2D eigenvalue weighted by atomic mass is 32.2. The highest BCUT2D eigenvalue weighted by Gasteiger charge is 2.09. The number of thiol groups is 1. The van der Waals surface area contributed by atoms with E-state index in [0.717, 1.165) is 0 Å². The first kappa shape index (κ1) is 9.70. The molecule has 1 atom stereocenters. The van der Waals surface area contributed by atoms with Crippen LogP contribution >= 0.6 is 24.4 Å². The van der Waals surface area contributed by atoms with Crippen LogP contribution in [0.4, 0.5) is 0 Å². The van der Waals surface area contributed by atoms with Crippen LogP contribution in [0.1, 0.15) is 27.7 Å². The molecule has 2 heteroatoms. The van der Waals surface area contributed by atoms with Crippen molar-refractivity contribution in [1.82, 2.24) is 0 Å². The Morgan fingerprint density at radius 3 is 1.67 bits per heavy atom. The lowest BCUT2D eigenvalue weighted by atomic mass is 10.3. The Kier molecular flexibility index (Phi) is 4.86. The lowest BCUT2D eigenvalue weighted by Crippen LogP contribution is -2.05. The molecule has 56 valence electrons. The fourth-order valence-corrected chi connectivity index (χ4v) is 2.04. The monoisotopic (exact) mass is 164 g/mol. The van der Waals surface area contributed by atoms with Gasteiger partial charge in [0.25, 0.3) is 0 Å². The van der Waals surface area contributed by atoms with Crippen LogP contribution in [0.2, 0.25) is 0 Å². The summed E-state index contributed by atoms with van der Waals surface area (Å²) in [4.78, 5) is 0. The molecule has 0 amide bonds. The first-order chi connectivity index (χ1) is 4.04. The van der Waals surface area contributed by atoms with Crippen molar-refractivity contribution in [3.05, 3.63) is 0 Å². The summed E-state index contributed by atoms with van der Waals surface area (Å²) in [5, 5.41) is 0.704. The van der Waals surface area contributed by atoms with Crippen LogP contribution in [0.5, 0.6) is 0 Å². The Morgan fingerprint density at radius 1 is 1.11 bits per heavy atom. The van der Waals surface area contributed by atoms with Crippen molar-refractivity contribution in [2.45, 2.75) is 37.5 Å². The molecular weight excluding hydrogens is 148 g/mol. The Balaban J connectivity index is 3.38. The number of hydrogen-bond donors (Lipinski definition) is 1. The van der Waals surface area contributed by atoms with Gasteiger partial charge < -0.3 is 0 Å². The van der Waals surface area contributed by atoms with Crippen molar-refractivity contribution in [3.63, 3.8) is 0 Å². The Morgan fingerprint density at radius 2 is 1.56 bits per heavy atom. The first-order valence-corrected chi connectivity index (χ1v) is 4.83. The summed E-state index contributed by atoms with van der Waals surface area (Å²) < 4.78 is 0.505. The lowest BCUT2D eigenvalue weighted by Gasteiger charge is -2.15. The average Bonchev–Trinajstić information content (AvgIpc) is 1.63. The summed E-state index contributed by atoms with van der Waals surface area (Å²) in [7, 11) is 0. The average molecular weight is 164 g/mol. The van der Waals surface area contributed by atoms with E-state index >= 15 is 0 Å². The number of hydrogen-bond acceptors (Lipinski definition) is 2. The van der Waals surface area contributed by atoms with Gasteiger partial charge in [-0.1, -0.05) is 27.7 Å². The van der Waals surface area contributed by atoms with E-state index in [1.54, 1.807) is 0 Å². The van der Waals surface area contributed by atoms with Gasteiger partial charge in [-0.05, 0) is 5.92 Å². The molecule has 0 bridgehead atoms. The van der Waals surface area contributed by atoms with Crippen LogP contribution in [-0.2, 0) is 0 Å². The van der Waals surface area contributed by atoms with Gasteiger partial charge in [0.2, 0.25) is 0 Å². The second kappa shape index (κ2) is 4.51. The van der Waals surface area contributed by atoms with E-state index in [9.17, 15) is 0 Å². The van der Waals surface area contributed by atoms with Crippen molar-refractivity contribution in [2.75, 3.05) is 0 Å². The lowest BCUT2D eigenvalue weighted by molar-refractivity contribution is 0.721. The third-order valence-electron chi connectivity index (χ3n) is 0.982. The van der Waals surface area contributed by atoms with Crippen LogP contribution < -0.4 is 0 Å². The van der Waals surface area contributed by atoms with Gasteiger partial charge in [0.05, 0.1) is 0 Å². The molecule has 0 saturated carbocycles. The van der Waals surface area contributed by atoms with Crippen LogP contribution in [0, 0.1) is 5.92 Å². The quantitative estimate of drug-likeness (QED) is 0.494. The summed E-state index contributed by atoms with van der Waals surface area (Å²) >= 11 is 6.35. The van der Waals surface area contributed by atoms with E-state index in [0.29, 0.717) is 15.7 Å². The molecule has 0 aromatic heterocycles. The van der Waals surface area contributed by atoms with E-state index in [-0.39, 0.29) is 0 Å². The van der Waals surface area contributed by atoms with Crippen LogP contribution in [0.3, 0.4) is 0 Å². The number of thioether (sulfide) groups is 1. The maximum absolute atomic E-state index is 4.43. The zero-order valence-electron chi connectivity index (χ0n) is 6.59. The van der Waals surface area contributed by atoms with Gasteiger partial charge in [-0.3, -0.25) is 0 Å². The van der Waals surface area contributed by atoms with Crippen LogP contribution in [0.25, 0.3) is 0 Å². The fraction of sp³-hybridized carbons (Fsp3) is 1.00. The minimum Gasteiger partial charge on any atom is -0.165 e. The van der Waals surface area contributed by atoms with Crippen LogP contribution in [0.15, 0.2) is 0 Å². The Labute approximate surface area is 68.2 Å². The largest absolute Gasteiger partial charge is 0.165 e. The van der Waals surface area contributed by atoms with E-state index in [1.165, 1.54) is 0 Å². The van der Waals surface area contributed by atoms with Crippen molar-refractivity contribution in [3.8, 4) is 0 Å². The molecule has 0 N–H and O–H groups in total. The summed E-state index contributed by atoms with van der Waals surface area (Å²) in [6, 6.07) is 0. The minimum atomic E-state index is 0.505. The second-order valence-electron chi connectivity index (χ2n) is 2.82. The normalized spacial score (nSPS) is 15.0. The highest BCUT2D eigenvalue weighted by Crippen LogP contribution is 2.26. The standard InChI is InChI=1S/C7H16S2/c1-5(2)7(8)9-6(3)4/h5-8H,1-4H3. The SMILES string of the molecule is CC(C)SC(S)C(C)C. The van der Waals surface area contributed by atoms with E-state index in [1.807, 2.05) is 11.8 Å². The van der Waals surface area contributed by atoms with E-state index in [4.69, 9.17) is 0 Å².